The molecule has 3 rings (SSSR count). The fourth-order valence-electron chi connectivity index (χ4n) is 2.36. The van der Waals surface area contributed by atoms with Gasteiger partial charge < -0.3 is 10.2 Å². The van der Waals surface area contributed by atoms with Crippen LogP contribution in [0.3, 0.4) is 0 Å². The average molecular weight is 289 g/mol. The van der Waals surface area contributed by atoms with Gasteiger partial charge in [0.25, 0.3) is 0 Å². The summed E-state index contributed by atoms with van der Waals surface area (Å²) in [5.41, 5.74) is 1.48. The van der Waals surface area contributed by atoms with E-state index in [1.54, 1.807) is 0 Å². The van der Waals surface area contributed by atoms with Crippen molar-refractivity contribution in [2.75, 3.05) is 10.2 Å². The zero-order chi connectivity index (χ0) is 14.1. The van der Waals surface area contributed by atoms with Crippen molar-refractivity contribution in [2.45, 2.75) is 19.4 Å². The summed E-state index contributed by atoms with van der Waals surface area (Å²) < 4.78 is 0. The van der Waals surface area contributed by atoms with Crippen LogP contribution in [0.1, 0.15) is 13.3 Å². The molecule has 1 unspecified atom stereocenters. The third-order valence-electron chi connectivity index (χ3n) is 3.26. The lowest BCUT2D eigenvalue weighted by Gasteiger charge is -2.36. The maximum atomic E-state index is 12.2. The Kier molecular flexibility index (Phi) is 3.28. The molecule has 0 aliphatic carbocycles. The smallest absolute Gasteiger partial charge is 0.247 e. The van der Waals surface area contributed by atoms with E-state index in [-0.39, 0.29) is 17.2 Å². The molecule has 0 saturated carbocycles. The Morgan fingerprint density at radius 2 is 2.10 bits per heavy atom. The summed E-state index contributed by atoms with van der Waals surface area (Å²) >= 11 is 5.90. The van der Waals surface area contributed by atoms with Gasteiger partial charge in [-0.3, -0.25) is 4.79 Å². The molecule has 6 heteroatoms. The SMILES string of the molecule is CCC1C(=O)Nc2cnc(Cl)nc2N1c1ccccc1. The Hall–Kier alpha value is -2.14. The topological polar surface area (TPSA) is 58.1 Å². The quantitative estimate of drug-likeness (QED) is 0.863. The minimum absolute atomic E-state index is 0.0604. The Labute approximate surface area is 121 Å². The maximum Gasteiger partial charge on any atom is 0.247 e. The fraction of sp³-hybridized carbons (Fsp3) is 0.214. The second-order valence-electron chi connectivity index (χ2n) is 4.50. The van der Waals surface area contributed by atoms with Crippen LogP contribution >= 0.6 is 11.6 Å². The van der Waals surface area contributed by atoms with Gasteiger partial charge >= 0.3 is 0 Å². The van der Waals surface area contributed by atoms with Crippen molar-refractivity contribution in [1.29, 1.82) is 0 Å². The fourth-order valence-corrected chi connectivity index (χ4v) is 2.49. The van der Waals surface area contributed by atoms with Crippen LogP contribution in [0.15, 0.2) is 36.5 Å². The molecule has 1 N–H and O–H groups in total. The molecular weight excluding hydrogens is 276 g/mol. The number of nitrogens with one attached hydrogen (secondary N) is 1. The van der Waals surface area contributed by atoms with Gasteiger partial charge in [0.1, 0.15) is 11.7 Å². The first-order valence-electron chi connectivity index (χ1n) is 6.38. The standard InChI is InChI=1S/C14H13ClN4O/c1-2-11-13(20)17-10-8-16-14(15)18-12(10)19(11)9-6-4-3-5-7-9/h3-8,11H,2H2,1H3,(H,17,20). The summed E-state index contributed by atoms with van der Waals surface area (Å²) in [6.45, 7) is 1.97. The zero-order valence-electron chi connectivity index (χ0n) is 10.9. The van der Waals surface area contributed by atoms with Crippen molar-refractivity contribution in [2.24, 2.45) is 0 Å². The van der Waals surface area contributed by atoms with Gasteiger partial charge in [0, 0.05) is 5.69 Å². The average Bonchev–Trinajstić information content (AvgIpc) is 2.47. The van der Waals surface area contributed by atoms with Gasteiger partial charge in [0.05, 0.1) is 6.20 Å². The van der Waals surface area contributed by atoms with Crippen molar-refractivity contribution in [1.82, 2.24) is 9.97 Å². The lowest BCUT2D eigenvalue weighted by molar-refractivity contribution is -0.117. The van der Waals surface area contributed by atoms with Crippen molar-refractivity contribution in [3.8, 4) is 0 Å². The molecule has 1 amide bonds. The van der Waals surface area contributed by atoms with Gasteiger partial charge in [-0.1, -0.05) is 25.1 Å². The van der Waals surface area contributed by atoms with Gasteiger partial charge in [-0.15, -0.1) is 0 Å². The number of aromatic nitrogens is 2. The molecular formula is C14H13ClN4O. The van der Waals surface area contributed by atoms with E-state index in [0.29, 0.717) is 17.9 Å². The molecule has 0 bridgehead atoms. The normalized spacial score (nSPS) is 17.6. The number of anilines is 3. The predicted octanol–water partition coefficient (Wildman–Crippen LogP) is 3.00. The molecule has 0 fully saturated rings. The second kappa shape index (κ2) is 5.09. The van der Waals surface area contributed by atoms with Gasteiger partial charge in [0.2, 0.25) is 11.2 Å². The molecule has 2 aromatic rings. The van der Waals surface area contributed by atoms with Crippen molar-refractivity contribution < 1.29 is 4.79 Å². The van der Waals surface area contributed by atoms with E-state index in [2.05, 4.69) is 15.3 Å². The summed E-state index contributed by atoms with van der Waals surface area (Å²) in [5.74, 6) is 0.567. The van der Waals surface area contributed by atoms with E-state index in [1.807, 2.05) is 42.2 Å². The summed E-state index contributed by atoms with van der Waals surface area (Å²) in [4.78, 5) is 22.3. The number of nitrogens with zero attached hydrogens (tertiary/aromatic N) is 3. The summed E-state index contributed by atoms with van der Waals surface area (Å²) in [6, 6.07) is 9.37. The molecule has 20 heavy (non-hydrogen) atoms. The van der Waals surface area contributed by atoms with Crippen LogP contribution in [0.25, 0.3) is 0 Å². The number of amides is 1. The van der Waals surface area contributed by atoms with E-state index in [9.17, 15) is 4.79 Å². The third-order valence-corrected chi connectivity index (χ3v) is 3.44. The first-order chi connectivity index (χ1) is 9.70. The minimum Gasteiger partial charge on any atom is -0.320 e. The first-order valence-corrected chi connectivity index (χ1v) is 6.76. The lowest BCUT2D eigenvalue weighted by Crippen LogP contribution is -2.45. The predicted molar refractivity (Wildman–Crippen MR) is 78.3 cm³/mol. The molecule has 1 aliphatic rings. The van der Waals surface area contributed by atoms with Gasteiger partial charge in [0.15, 0.2) is 5.82 Å². The number of halogens is 1. The third kappa shape index (κ3) is 2.10. The summed E-state index contributed by atoms with van der Waals surface area (Å²) in [5, 5.41) is 2.99. The van der Waals surface area contributed by atoms with Crippen LogP contribution in [-0.2, 0) is 4.79 Å². The van der Waals surface area contributed by atoms with E-state index in [0.717, 1.165) is 5.69 Å². The Bertz CT molecular complexity index is 647. The first kappa shape index (κ1) is 12.9. The molecule has 1 aromatic carbocycles. The monoisotopic (exact) mass is 288 g/mol. The summed E-state index contributed by atoms with van der Waals surface area (Å²) in [6.07, 6.45) is 2.20. The molecule has 0 radical (unpaired) electrons. The molecule has 1 atom stereocenters. The Morgan fingerprint density at radius 1 is 1.35 bits per heavy atom. The zero-order valence-corrected chi connectivity index (χ0v) is 11.6. The number of carbonyl (C=O) groups excluding carboxylic acids is 1. The largest absolute Gasteiger partial charge is 0.320 e. The Balaban J connectivity index is 2.18. The minimum atomic E-state index is -0.309. The molecule has 2 heterocycles. The van der Waals surface area contributed by atoms with E-state index >= 15 is 0 Å². The van der Waals surface area contributed by atoms with Gasteiger partial charge in [-0.2, -0.15) is 4.98 Å². The van der Waals surface area contributed by atoms with Crippen LogP contribution in [0, 0.1) is 0 Å². The highest BCUT2D eigenvalue weighted by Crippen LogP contribution is 2.36. The van der Waals surface area contributed by atoms with Crippen molar-refractivity contribution in [3.05, 3.63) is 41.8 Å². The van der Waals surface area contributed by atoms with Crippen LogP contribution in [0.5, 0.6) is 0 Å². The number of rotatable bonds is 2. The Morgan fingerprint density at radius 3 is 2.80 bits per heavy atom. The highest BCUT2D eigenvalue weighted by atomic mass is 35.5. The highest BCUT2D eigenvalue weighted by Gasteiger charge is 2.34. The molecule has 0 saturated heterocycles. The highest BCUT2D eigenvalue weighted by molar-refractivity contribution is 6.28. The lowest BCUT2D eigenvalue weighted by atomic mass is 10.1. The molecule has 1 aliphatic heterocycles. The van der Waals surface area contributed by atoms with E-state index < -0.39 is 0 Å². The van der Waals surface area contributed by atoms with E-state index in [1.165, 1.54) is 6.20 Å². The van der Waals surface area contributed by atoms with Crippen LogP contribution in [0.2, 0.25) is 5.28 Å². The number of para-hydroxylation sites is 1. The van der Waals surface area contributed by atoms with Gasteiger partial charge in [-0.25, -0.2) is 4.98 Å². The van der Waals surface area contributed by atoms with Crippen LogP contribution in [0.4, 0.5) is 17.2 Å². The molecule has 102 valence electrons. The number of benzene rings is 1. The number of carbonyl (C=O) groups is 1. The van der Waals surface area contributed by atoms with Crippen molar-refractivity contribution in [3.63, 3.8) is 0 Å². The number of fused-ring (bicyclic) bond motifs is 1. The van der Waals surface area contributed by atoms with Crippen LogP contribution in [-0.4, -0.2) is 21.9 Å². The molecule has 1 aromatic heterocycles. The maximum absolute atomic E-state index is 12.2. The number of hydrogen-bond donors (Lipinski definition) is 1. The number of hydrogen-bond acceptors (Lipinski definition) is 4. The molecule has 0 spiro atoms. The van der Waals surface area contributed by atoms with Crippen molar-refractivity contribution >= 4 is 34.7 Å². The summed E-state index contributed by atoms with van der Waals surface area (Å²) in [7, 11) is 0. The van der Waals surface area contributed by atoms with Gasteiger partial charge in [-0.05, 0) is 30.2 Å². The van der Waals surface area contributed by atoms with Crippen LogP contribution < -0.4 is 10.2 Å². The van der Waals surface area contributed by atoms with E-state index in [4.69, 9.17) is 11.6 Å². The second-order valence-corrected chi connectivity index (χ2v) is 4.83. The molecule has 5 nitrogen and oxygen atoms in total.